The highest BCUT2D eigenvalue weighted by Gasteiger charge is 2.20. The van der Waals surface area contributed by atoms with E-state index in [1.807, 2.05) is 0 Å². The van der Waals surface area contributed by atoms with Gasteiger partial charge in [0.2, 0.25) is 0 Å². The maximum absolute atomic E-state index is 5.62. The lowest BCUT2D eigenvalue weighted by Crippen LogP contribution is -2.25. The van der Waals surface area contributed by atoms with Crippen LogP contribution < -0.4 is 5.32 Å². The highest BCUT2D eigenvalue weighted by Crippen LogP contribution is 2.22. The van der Waals surface area contributed by atoms with Gasteiger partial charge in [-0.3, -0.25) is 0 Å². The Bertz CT molecular complexity index is 424. The van der Waals surface area contributed by atoms with Crippen LogP contribution >= 0.6 is 0 Å². The normalized spacial score (nSPS) is 15.1. The second kappa shape index (κ2) is 7.23. The van der Waals surface area contributed by atoms with Crippen molar-refractivity contribution in [2.75, 3.05) is 13.2 Å². The minimum atomic E-state index is 0.341. The van der Waals surface area contributed by atoms with Gasteiger partial charge in [0.1, 0.15) is 5.82 Å². The molecule has 0 radical (unpaired) electrons. The zero-order chi connectivity index (χ0) is 14.5. The molecule has 1 aromatic rings. The van der Waals surface area contributed by atoms with E-state index in [4.69, 9.17) is 9.72 Å². The summed E-state index contributed by atoms with van der Waals surface area (Å²) in [4.78, 5) is 4.85. The number of hydrogen-bond acceptors (Lipinski definition) is 3. The van der Waals surface area contributed by atoms with Crippen molar-refractivity contribution in [1.29, 1.82) is 0 Å². The minimum absolute atomic E-state index is 0.341. The Labute approximate surface area is 122 Å². The molecular weight excluding hydrogens is 250 g/mol. The van der Waals surface area contributed by atoms with Gasteiger partial charge < -0.3 is 14.6 Å². The summed E-state index contributed by atoms with van der Waals surface area (Å²) in [6.45, 7) is 12.6. The zero-order valence-corrected chi connectivity index (χ0v) is 13.4. The largest absolute Gasteiger partial charge is 0.379 e. The molecule has 0 aliphatic carbocycles. The fraction of sp³-hybridized carbons (Fsp3) is 0.812. The Morgan fingerprint density at radius 3 is 2.75 bits per heavy atom. The van der Waals surface area contributed by atoms with Crippen LogP contribution in [0.15, 0.2) is 0 Å². The number of ether oxygens (including phenoxy) is 1. The van der Waals surface area contributed by atoms with Gasteiger partial charge in [-0.05, 0) is 26.7 Å². The van der Waals surface area contributed by atoms with E-state index in [0.717, 1.165) is 39.1 Å². The van der Waals surface area contributed by atoms with Crippen molar-refractivity contribution in [3.05, 3.63) is 17.2 Å². The monoisotopic (exact) mass is 279 g/mol. The predicted molar refractivity (Wildman–Crippen MR) is 82.0 cm³/mol. The molecule has 2 heterocycles. The standard InChI is InChI=1S/C16H29N3O/c1-12(2)16-18-14-11-17-8-7-15(14)19(16)9-5-6-10-20-13(3)4/h12-13,17H,5-11H2,1-4H3. The van der Waals surface area contributed by atoms with Crippen LogP contribution in [0.3, 0.4) is 0 Å². The van der Waals surface area contributed by atoms with Crippen LogP contribution in [-0.4, -0.2) is 28.8 Å². The summed E-state index contributed by atoms with van der Waals surface area (Å²) in [6, 6.07) is 0. The SMILES string of the molecule is CC(C)OCCCCn1c(C(C)C)nc2c1CCNC2. The summed E-state index contributed by atoms with van der Waals surface area (Å²) in [5.41, 5.74) is 2.72. The Hall–Kier alpha value is -0.870. The van der Waals surface area contributed by atoms with Crippen molar-refractivity contribution < 1.29 is 4.74 Å². The molecule has 0 saturated carbocycles. The number of hydrogen-bond donors (Lipinski definition) is 1. The lowest BCUT2D eigenvalue weighted by atomic mass is 10.1. The number of rotatable bonds is 7. The molecule has 0 aromatic carbocycles. The quantitative estimate of drug-likeness (QED) is 0.780. The number of unbranched alkanes of at least 4 members (excludes halogenated alkanes) is 1. The van der Waals surface area contributed by atoms with Crippen molar-refractivity contribution >= 4 is 0 Å². The molecular formula is C16H29N3O. The number of nitrogens with one attached hydrogen (secondary N) is 1. The molecule has 20 heavy (non-hydrogen) atoms. The molecule has 4 nitrogen and oxygen atoms in total. The molecule has 0 atom stereocenters. The Morgan fingerprint density at radius 2 is 2.05 bits per heavy atom. The van der Waals surface area contributed by atoms with Crippen molar-refractivity contribution in [2.24, 2.45) is 0 Å². The third-order valence-electron chi connectivity index (χ3n) is 3.76. The van der Waals surface area contributed by atoms with Crippen molar-refractivity contribution in [1.82, 2.24) is 14.9 Å². The summed E-state index contributed by atoms with van der Waals surface area (Å²) in [6.07, 6.45) is 3.74. The molecule has 0 unspecified atom stereocenters. The molecule has 0 fully saturated rings. The van der Waals surface area contributed by atoms with E-state index in [1.54, 1.807) is 0 Å². The van der Waals surface area contributed by atoms with Crippen LogP contribution in [0.5, 0.6) is 0 Å². The maximum Gasteiger partial charge on any atom is 0.111 e. The van der Waals surface area contributed by atoms with E-state index in [2.05, 4.69) is 37.6 Å². The molecule has 0 amide bonds. The van der Waals surface area contributed by atoms with E-state index in [-0.39, 0.29) is 0 Å². The third-order valence-corrected chi connectivity index (χ3v) is 3.76. The first-order valence-electron chi connectivity index (χ1n) is 8.00. The van der Waals surface area contributed by atoms with Crippen molar-refractivity contribution in [3.63, 3.8) is 0 Å². The average Bonchev–Trinajstić information content (AvgIpc) is 2.77. The van der Waals surface area contributed by atoms with Crippen LogP contribution in [0.4, 0.5) is 0 Å². The van der Waals surface area contributed by atoms with Crippen LogP contribution in [0.25, 0.3) is 0 Å². The van der Waals surface area contributed by atoms with Gasteiger partial charge in [0.15, 0.2) is 0 Å². The van der Waals surface area contributed by atoms with Gasteiger partial charge in [0.25, 0.3) is 0 Å². The Morgan fingerprint density at radius 1 is 1.25 bits per heavy atom. The summed E-state index contributed by atoms with van der Waals surface area (Å²) in [5.74, 6) is 1.75. The van der Waals surface area contributed by atoms with Gasteiger partial charge in [-0.15, -0.1) is 0 Å². The van der Waals surface area contributed by atoms with Gasteiger partial charge in [0, 0.05) is 44.3 Å². The highest BCUT2D eigenvalue weighted by molar-refractivity contribution is 5.21. The van der Waals surface area contributed by atoms with Gasteiger partial charge in [-0.2, -0.15) is 0 Å². The number of fused-ring (bicyclic) bond motifs is 1. The number of imidazole rings is 1. The van der Waals surface area contributed by atoms with E-state index in [9.17, 15) is 0 Å². The molecule has 2 rings (SSSR count). The fourth-order valence-electron chi connectivity index (χ4n) is 2.77. The van der Waals surface area contributed by atoms with Crippen LogP contribution in [-0.2, 0) is 24.2 Å². The van der Waals surface area contributed by atoms with E-state index >= 15 is 0 Å². The zero-order valence-electron chi connectivity index (χ0n) is 13.4. The molecule has 114 valence electrons. The first kappa shape index (κ1) is 15.5. The molecule has 4 heteroatoms. The fourth-order valence-corrected chi connectivity index (χ4v) is 2.77. The topological polar surface area (TPSA) is 39.1 Å². The van der Waals surface area contributed by atoms with E-state index in [0.29, 0.717) is 12.0 Å². The molecule has 1 aliphatic heterocycles. The van der Waals surface area contributed by atoms with E-state index < -0.39 is 0 Å². The minimum Gasteiger partial charge on any atom is -0.379 e. The first-order chi connectivity index (χ1) is 9.59. The molecule has 0 saturated heterocycles. The lowest BCUT2D eigenvalue weighted by Gasteiger charge is -2.17. The Kier molecular flexibility index (Phi) is 5.61. The third kappa shape index (κ3) is 3.83. The smallest absolute Gasteiger partial charge is 0.111 e. The van der Waals surface area contributed by atoms with Crippen molar-refractivity contribution in [3.8, 4) is 0 Å². The van der Waals surface area contributed by atoms with Gasteiger partial charge in [-0.1, -0.05) is 13.8 Å². The summed E-state index contributed by atoms with van der Waals surface area (Å²) in [5, 5.41) is 3.41. The first-order valence-corrected chi connectivity index (χ1v) is 8.00. The van der Waals surface area contributed by atoms with Crippen LogP contribution in [0.1, 0.15) is 63.7 Å². The Balaban J connectivity index is 1.97. The van der Waals surface area contributed by atoms with Crippen molar-refractivity contribution in [2.45, 2.75) is 72.1 Å². The molecule has 1 aliphatic rings. The van der Waals surface area contributed by atoms with E-state index in [1.165, 1.54) is 23.6 Å². The summed E-state index contributed by atoms with van der Waals surface area (Å²) < 4.78 is 8.09. The highest BCUT2D eigenvalue weighted by atomic mass is 16.5. The summed E-state index contributed by atoms with van der Waals surface area (Å²) >= 11 is 0. The number of aromatic nitrogens is 2. The van der Waals surface area contributed by atoms with Crippen LogP contribution in [0.2, 0.25) is 0 Å². The van der Waals surface area contributed by atoms with Gasteiger partial charge >= 0.3 is 0 Å². The predicted octanol–water partition coefficient (Wildman–Crippen LogP) is 2.86. The van der Waals surface area contributed by atoms with Gasteiger partial charge in [0.05, 0.1) is 11.8 Å². The average molecular weight is 279 g/mol. The molecule has 1 N–H and O–H groups in total. The molecule has 0 bridgehead atoms. The molecule has 0 spiro atoms. The van der Waals surface area contributed by atoms with Crippen LogP contribution in [0, 0.1) is 0 Å². The molecule has 1 aromatic heterocycles. The maximum atomic E-state index is 5.62. The summed E-state index contributed by atoms with van der Waals surface area (Å²) in [7, 11) is 0. The second-order valence-electron chi connectivity index (χ2n) is 6.22. The second-order valence-corrected chi connectivity index (χ2v) is 6.22. The number of nitrogens with zero attached hydrogens (tertiary/aromatic N) is 2. The lowest BCUT2D eigenvalue weighted by molar-refractivity contribution is 0.0753. The van der Waals surface area contributed by atoms with Gasteiger partial charge in [-0.25, -0.2) is 4.98 Å².